The lowest BCUT2D eigenvalue weighted by Gasteiger charge is -2.38. The fourth-order valence-electron chi connectivity index (χ4n) is 1.24. The van der Waals surface area contributed by atoms with Crippen LogP contribution in [0.4, 0.5) is 5.69 Å². The van der Waals surface area contributed by atoms with Gasteiger partial charge in [-0.15, -0.1) is 0 Å². The lowest BCUT2D eigenvalue weighted by molar-refractivity contribution is -0.00291. The minimum atomic E-state index is -1.03. The highest BCUT2D eigenvalue weighted by Crippen LogP contribution is 2.23. The van der Waals surface area contributed by atoms with E-state index in [-0.39, 0.29) is 5.91 Å². The summed E-state index contributed by atoms with van der Waals surface area (Å²) < 4.78 is 0.818. The average molecular weight is 315 g/mol. The van der Waals surface area contributed by atoms with Crippen LogP contribution < -0.4 is 11.1 Å². The second kappa shape index (κ2) is 4.90. The first-order valence-corrected chi connectivity index (χ1v) is 6.44. The number of hydrogen-bond donors (Lipinski definition) is 3. The van der Waals surface area contributed by atoms with E-state index in [1.165, 1.54) is 0 Å². The highest BCUT2D eigenvalue weighted by atomic mass is 79.9. The summed E-state index contributed by atoms with van der Waals surface area (Å²) in [5.74, 6) is -0.299. The third-order valence-electron chi connectivity index (χ3n) is 3.21. The van der Waals surface area contributed by atoms with Gasteiger partial charge in [0.25, 0.3) is 5.91 Å². The number of hydrogen-bond acceptors (Lipinski definition) is 3. The van der Waals surface area contributed by atoms with Crippen molar-refractivity contribution in [1.29, 1.82) is 0 Å². The molecule has 0 saturated heterocycles. The van der Waals surface area contributed by atoms with Crippen molar-refractivity contribution in [2.24, 2.45) is 0 Å². The van der Waals surface area contributed by atoms with Gasteiger partial charge in [-0.2, -0.15) is 0 Å². The topological polar surface area (TPSA) is 75.3 Å². The summed E-state index contributed by atoms with van der Waals surface area (Å²) in [6.07, 6.45) is 0. The molecule has 0 spiro atoms. The van der Waals surface area contributed by atoms with E-state index in [9.17, 15) is 9.90 Å². The van der Waals surface area contributed by atoms with Gasteiger partial charge < -0.3 is 16.2 Å². The zero-order chi connectivity index (χ0) is 14.1. The molecule has 0 heterocycles. The summed E-state index contributed by atoms with van der Waals surface area (Å²) in [7, 11) is 0. The van der Waals surface area contributed by atoms with Crippen LogP contribution in [0.5, 0.6) is 0 Å². The van der Waals surface area contributed by atoms with E-state index >= 15 is 0 Å². The van der Waals surface area contributed by atoms with Gasteiger partial charge in [0.15, 0.2) is 0 Å². The molecule has 1 rings (SSSR count). The van der Waals surface area contributed by atoms with Crippen molar-refractivity contribution in [3.8, 4) is 0 Å². The SMILES string of the molecule is CC(C)(O)C(C)(C)NC(=O)c1ccc(Br)cc1N. The van der Waals surface area contributed by atoms with Gasteiger partial charge in [0.05, 0.1) is 16.7 Å². The monoisotopic (exact) mass is 314 g/mol. The zero-order valence-corrected chi connectivity index (χ0v) is 12.6. The minimum Gasteiger partial charge on any atom is -0.398 e. The molecule has 0 aliphatic rings. The number of anilines is 1. The number of rotatable bonds is 3. The molecule has 0 bridgehead atoms. The van der Waals surface area contributed by atoms with E-state index in [0.29, 0.717) is 11.3 Å². The van der Waals surface area contributed by atoms with Crippen molar-refractivity contribution in [3.05, 3.63) is 28.2 Å². The van der Waals surface area contributed by atoms with E-state index in [1.807, 2.05) is 0 Å². The van der Waals surface area contributed by atoms with Crippen LogP contribution in [0.25, 0.3) is 0 Å². The second-order valence-electron chi connectivity index (χ2n) is 5.37. The molecule has 0 saturated carbocycles. The third-order valence-corrected chi connectivity index (χ3v) is 3.71. The van der Waals surface area contributed by atoms with Gasteiger partial charge in [-0.05, 0) is 45.9 Å². The Hall–Kier alpha value is -1.07. The van der Waals surface area contributed by atoms with Gasteiger partial charge in [-0.3, -0.25) is 4.79 Å². The number of nitrogen functional groups attached to an aromatic ring is 1. The molecule has 100 valence electrons. The normalized spacial score (nSPS) is 12.3. The lowest BCUT2D eigenvalue weighted by atomic mass is 9.85. The molecule has 1 aromatic carbocycles. The summed E-state index contributed by atoms with van der Waals surface area (Å²) >= 11 is 3.29. The molecule has 1 aromatic rings. The Kier molecular flexibility index (Phi) is 4.08. The fourth-order valence-corrected chi connectivity index (χ4v) is 1.62. The summed E-state index contributed by atoms with van der Waals surface area (Å²) in [4.78, 5) is 12.1. The molecule has 4 nitrogen and oxygen atoms in total. The highest BCUT2D eigenvalue weighted by molar-refractivity contribution is 9.10. The lowest BCUT2D eigenvalue weighted by Crippen LogP contribution is -2.57. The van der Waals surface area contributed by atoms with E-state index in [4.69, 9.17) is 5.73 Å². The Labute approximate surface area is 116 Å². The Balaban J connectivity index is 2.96. The number of benzene rings is 1. The van der Waals surface area contributed by atoms with Gasteiger partial charge in [0, 0.05) is 10.2 Å². The summed E-state index contributed by atoms with van der Waals surface area (Å²) in [5, 5.41) is 12.8. The number of nitrogens with one attached hydrogen (secondary N) is 1. The van der Waals surface area contributed by atoms with Crippen molar-refractivity contribution in [2.75, 3.05) is 5.73 Å². The largest absolute Gasteiger partial charge is 0.398 e. The van der Waals surface area contributed by atoms with Crippen LogP contribution in [0.3, 0.4) is 0 Å². The van der Waals surface area contributed by atoms with Gasteiger partial charge >= 0.3 is 0 Å². The Morgan fingerprint density at radius 3 is 2.33 bits per heavy atom. The van der Waals surface area contributed by atoms with Crippen molar-refractivity contribution in [2.45, 2.75) is 38.8 Å². The van der Waals surface area contributed by atoms with Crippen LogP contribution in [-0.4, -0.2) is 22.2 Å². The standard InChI is InChI=1S/C13H19BrN2O2/c1-12(2,13(3,4)18)16-11(17)9-6-5-8(14)7-10(9)15/h5-7,18H,15H2,1-4H3,(H,16,17). The van der Waals surface area contributed by atoms with Crippen LogP contribution in [0.1, 0.15) is 38.1 Å². The molecule has 0 aliphatic heterocycles. The average Bonchev–Trinajstić information content (AvgIpc) is 2.14. The summed E-state index contributed by atoms with van der Waals surface area (Å²) in [6, 6.07) is 5.07. The molecule has 0 aliphatic carbocycles. The number of nitrogens with two attached hydrogens (primary N) is 1. The van der Waals surface area contributed by atoms with Gasteiger partial charge in [0.1, 0.15) is 0 Å². The molecule has 0 fully saturated rings. The molecule has 0 aromatic heterocycles. The van der Waals surface area contributed by atoms with E-state index in [0.717, 1.165) is 4.47 Å². The molecule has 5 heteroatoms. The number of carbonyl (C=O) groups excluding carboxylic acids is 1. The van der Waals surface area contributed by atoms with Crippen LogP contribution in [0, 0.1) is 0 Å². The Morgan fingerprint density at radius 2 is 1.89 bits per heavy atom. The van der Waals surface area contributed by atoms with Crippen LogP contribution in [0.2, 0.25) is 0 Å². The predicted molar refractivity (Wildman–Crippen MR) is 76.4 cm³/mol. The maximum absolute atomic E-state index is 12.1. The predicted octanol–water partition coefficient (Wildman–Crippen LogP) is 2.31. The van der Waals surface area contributed by atoms with E-state index < -0.39 is 11.1 Å². The number of carbonyl (C=O) groups is 1. The fraction of sp³-hybridized carbons (Fsp3) is 0.462. The van der Waals surface area contributed by atoms with Crippen LogP contribution in [0.15, 0.2) is 22.7 Å². The van der Waals surface area contributed by atoms with Crippen LogP contribution >= 0.6 is 15.9 Å². The Bertz CT molecular complexity index is 465. The summed E-state index contributed by atoms with van der Waals surface area (Å²) in [6.45, 7) is 6.83. The molecule has 18 heavy (non-hydrogen) atoms. The highest BCUT2D eigenvalue weighted by Gasteiger charge is 2.36. The van der Waals surface area contributed by atoms with Crippen molar-refractivity contribution >= 4 is 27.5 Å². The smallest absolute Gasteiger partial charge is 0.253 e. The molecular formula is C13H19BrN2O2. The maximum atomic E-state index is 12.1. The first-order valence-electron chi connectivity index (χ1n) is 5.64. The minimum absolute atomic E-state index is 0.299. The zero-order valence-electron chi connectivity index (χ0n) is 11.0. The number of amides is 1. The Morgan fingerprint density at radius 1 is 1.33 bits per heavy atom. The first-order chi connectivity index (χ1) is 8.04. The molecule has 0 atom stereocenters. The summed E-state index contributed by atoms with van der Waals surface area (Å²) in [5.41, 5.74) is 4.80. The van der Waals surface area contributed by atoms with Gasteiger partial charge in [-0.25, -0.2) is 0 Å². The van der Waals surface area contributed by atoms with Gasteiger partial charge in [0.2, 0.25) is 0 Å². The van der Waals surface area contributed by atoms with E-state index in [1.54, 1.807) is 45.9 Å². The van der Waals surface area contributed by atoms with Gasteiger partial charge in [-0.1, -0.05) is 15.9 Å². The molecule has 4 N–H and O–H groups in total. The van der Waals surface area contributed by atoms with Crippen LogP contribution in [-0.2, 0) is 0 Å². The molecule has 0 radical (unpaired) electrons. The molecule has 1 amide bonds. The molecule has 0 unspecified atom stereocenters. The maximum Gasteiger partial charge on any atom is 0.253 e. The van der Waals surface area contributed by atoms with Crippen molar-refractivity contribution < 1.29 is 9.90 Å². The second-order valence-corrected chi connectivity index (χ2v) is 6.29. The quantitative estimate of drug-likeness (QED) is 0.749. The number of halogens is 1. The molecular weight excluding hydrogens is 296 g/mol. The first kappa shape index (κ1) is 15.0. The van der Waals surface area contributed by atoms with Crippen molar-refractivity contribution in [1.82, 2.24) is 5.32 Å². The van der Waals surface area contributed by atoms with E-state index in [2.05, 4.69) is 21.2 Å². The van der Waals surface area contributed by atoms with Crippen molar-refractivity contribution in [3.63, 3.8) is 0 Å². The third kappa shape index (κ3) is 3.23. The number of aliphatic hydroxyl groups is 1.